The Morgan fingerprint density at radius 3 is 1.97 bits per heavy atom. The van der Waals surface area contributed by atoms with E-state index >= 15 is 0 Å². The number of nitrogens with one attached hydrogen (secondary N) is 1. The first-order chi connectivity index (χ1) is 14.3. The zero-order valence-electron chi connectivity index (χ0n) is 16.0. The maximum absolute atomic E-state index is 12.7. The molecule has 5 heteroatoms. The van der Waals surface area contributed by atoms with Crippen molar-refractivity contribution in [1.29, 1.82) is 0 Å². The van der Waals surface area contributed by atoms with Crippen LogP contribution in [0.15, 0.2) is 97.3 Å². The number of nitrogens with zero attached hydrogens (tertiary/aromatic N) is 3. The van der Waals surface area contributed by atoms with Gasteiger partial charge in [-0.15, -0.1) is 5.10 Å². The molecule has 1 amide bonds. The minimum absolute atomic E-state index is 0.0243. The summed E-state index contributed by atoms with van der Waals surface area (Å²) in [6.07, 6.45) is 1.95. The monoisotopic (exact) mass is 382 g/mol. The van der Waals surface area contributed by atoms with E-state index < -0.39 is 0 Å². The summed E-state index contributed by atoms with van der Waals surface area (Å²) in [4.78, 5) is 17.0. The highest BCUT2D eigenvalue weighted by molar-refractivity contribution is 5.89. The normalized spacial score (nSPS) is 10.8. The second-order valence-corrected chi connectivity index (χ2v) is 6.88. The van der Waals surface area contributed by atoms with Gasteiger partial charge in [0.1, 0.15) is 6.33 Å². The lowest BCUT2D eigenvalue weighted by molar-refractivity contribution is -0.116. The van der Waals surface area contributed by atoms with Gasteiger partial charge in [-0.2, -0.15) is 0 Å². The molecular formula is C24H22N4O. The Labute approximate surface area is 170 Å². The Hall–Kier alpha value is -3.73. The standard InChI is InChI=1S/C24H22N4O/c29-23(26-24-25-18-28(27-24)17-19-10-4-1-5-11-19)16-22(20-12-6-2-7-13-20)21-14-8-3-9-15-21/h1-15,18,22H,16-17H2,(H,26,27,29). The van der Waals surface area contributed by atoms with Crippen LogP contribution in [0.4, 0.5) is 5.95 Å². The summed E-state index contributed by atoms with van der Waals surface area (Å²) in [5.41, 5.74) is 3.34. The molecule has 0 saturated heterocycles. The summed E-state index contributed by atoms with van der Waals surface area (Å²) in [7, 11) is 0. The van der Waals surface area contributed by atoms with Crippen molar-refractivity contribution in [1.82, 2.24) is 14.8 Å². The lowest BCUT2D eigenvalue weighted by atomic mass is 9.88. The quantitative estimate of drug-likeness (QED) is 0.512. The Morgan fingerprint density at radius 1 is 0.828 bits per heavy atom. The molecule has 1 aromatic heterocycles. The van der Waals surface area contributed by atoms with Gasteiger partial charge in [0.25, 0.3) is 0 Å². The molecule has 0 radical (unpaired) electrons. The highest BCUT2D eigenvalue weighted by Gasteiger charge is 2.19. The molecular weight excluding hydrogens is 360 g/mol. The number of amides is 1. The van der Waals surface area contributed by atoms with Gasteiger partial charge < -0.3 is 0 Å². The largest absolute Gasteiger partial charge is 0.293 e. The highest BCUT2D eigenvalue weighted by Crippen LogP contribution is 2.28. The number of aromatic nitrogens is 3. The van der Waals surface area contributed by atoms with Gasteiger partial charge in [0.15, 0.2) is 0 Å². The molecule has 29 heavy (non-hydrogen) atoms. The molecule has 3 aromatic carbocycles. The van der Waals surface area contributed by atoms with Gasteiger partial charge in [-0.05, 0) is 16.7 Å². The van der Waals surface area contributed by atoms with Gasteiger partial charge in [0.05, 0.1) is 6.54 Å². The molecule has 0 atom stereocenters. The van der Waals surface area contributed by atoms with Crippen LogP contribution in [0, 0.1) is 0 Å². The van der Waals surface area contributed by atoms with E-state index in [-0.39, 0.29) is 11.8 Å². The SMILES string of the molecule is O=C(CC(c1ccccc1)c1ccccc1)Nc1ncn(Cc2ccccc2)n1. The van der Waals surface area contributed by atoms with E-state index in [0.717, 1.165) is 16.7 Å². The Balaban J connectivity index is 1.45. The van der Waals surface area contributed by atoms with Crippen LogP contribution in [0.1, 0.15) is 29.0 Å². The number of hydrogen-bond acceptors (Lipinski definition) is 3. The molecule has 0 bridgehead atoms. The summed E-state index contributed by atoms with van der Waals surface area (Å²) >= 11 is 0. The van der Waals surface area contributed by atoms with Crippen LogP contribution in [0.2, 0.25) is 0 Å². The van der Waals surface area contributed by atoms with Crippen LogP contribution in [0.5, 0.6) is 0 Å². The van der Waals surface area contributed by atoms with E-state index in [1.807, 2.05) is 66.7 Å². The molecule has 1 N–H and O–H groups in total. The second-order valence-electron chi connectivity index (χ2n) is 6.88. The van der Waals surface area contributed by atoms with Gasteiger partial charge >= 0.3 is 0 Å². The fraction of sp³-hybridized carbons (Fsp3) is 0.125. The topological polar surface area (TPSA) is 59.8 Å². The minimum Gasteiger partial charge on any atom is -0.293 e. The summed E-state index contributed by atoms with van der Waals surface area (Å²) in [6.45, 7) is 0.611. The molecule has 0 aliphatic carbocycles. The average molecular weight is 382 g/mol. The van der Waals surface area contributed by atoms with E-state index in [0.29, 0.717) is 18.9 Å². The van der Waals surface area contributed by atoms with Crippen molar-refractivity contribution in [3.63, 3.8) is 0 Å². The van der Waals surface area contributed by atoms with Crippen LogP contribution in [0.3, 0.4) is 0 Å². The molecule has 144 valence electrons. The first-order valence-corrected chi connectivity index (χ1v) is 9.61. The third kappa shape index (κ3) is 4.96. The summed E-state index contributed by atoms with van der Waals surface area (Å²) in [5, 5.41) is 7.21. The van der Waals surface area contributed by atoms with Crippen LogP contribution in [0.25, 0.3) is 0 Å². The molecule has 4 rings (SSSR count). The third-order valence-corrected chi connectivity index (χ3v) is 4.77. The minimum atomic E-state index is -0.111. The fourth-order valence-corrected chi connectivity index (χ4v) is 3.36. The van der Waals surface area contributed by atoms with Crippen molar-refractivity contribution in [2.75, 3.05) is 5.32 Å². The van der Waals surface area contributed by atoms with E-state index in [1.54, 1.807) is 11.0 Å². The zero-order valence-corrected chi connectivity index (χ0v) is 16.0. The first kappa shape index (κ1) is 18.6. The number of benzene rings is 3. The van der Waals surface area contributed by atoms with E-state index in [2.05, 4.69) is 39.7 Å². The molecule has 5 nitrogen and oxygen atoms in total. The zero-order chi connectivity index (χ0) is 19.9. The van der Waals surface area contributed by atoms with Crippen molar-refractivity contribution in [3.8, 4) is 0 Å². The van der Waals surface area contributed by atoms with Gasteiger partial charge in [-0.1, -0.05) is 91.0 Å². The van der Waals surface area contributed by atoms with E-state index in [1.165, 1.54) is 0 Å². The van der Waals surface area contributed by atoms with Gasteiger partial charge in [-0.25, -0.2) is 9.67 Å². The summed E-state index contributed by atoms with van der Waals surface area (Å²) in [6, 6.07) is 30.2. The number of carbonyl (C=O) groups excluding carboxylic acids is 1. The van der Waals surface area contributed by atoms with Crippen LogP contribution in [-0.2, 0) is 11.3 Å². The molecule has 0 spiro atoms. The van der Waals surface area contributed by atoms with Crippen molar-refractivity contribution in [2.45, 2.75) is 18.9 Å². The Kier molecular flexibility index (Phi) is 5.76. The molecule has 0 aliphatic heterocycles. The third-order valence-electron chi connectivity index (χ3n) is 4.77. The molecule has 0 aliphatic rings. The number of anilines is 1. The van der Waals surface area contributed by atoms with Crippen LogP contribution >= 0.6 is 0 Å². The maximum Gasteiger partial charge on any atom is 0.248 e. The van der Waals surface area contributed by atoms with Gasteiger partial charge in [-0.3, -0.25) is 10.1 Å². The van der Waals surface area contributed by atoms with Crippen LogP contribution in [-0.4, -0.2) is 20.7 Å². The molecule has 0 saturated carbocycles. The average Bonchev–Trinajstić information content (AvgIpc) is 3.20. The maximum atomic E-state index is 12.7. The molecule has 1 heterocycles. The van der Waals surface area contributed by atoms with Crippen molar-refractivity contribution < 1.29 is 4.79 Å². The summed E-state index contributed by atoms with van der Waals surface area (Å²) < 4.78 is 1.72. The highest BCUT2D eigenvalue weighted by atomic mass is 16.1. The lowest BCUT2D eigenvalue weighted by Crippen LogP contribution is -2.17. The molecule has 0 fully saturated rings. The number of carbonyl (C=O) groups is 1. The molecule has 4 aromatic rings. The molecule has 0 unspecified atom stereocenters. The number of hydrogen-bond donors (Lipinski definition) is 1. The fourth-order valence-electron chi connectivity index (χ4n) is 3.36. The number of rotatable bonds is 7. The van der Waals surface area contributed by atoms with Gasteiger partial charge in [0, 0.05) is 12.3 Å². The lowest BCUT2D eigenvalue weighted by Gasteiger charge is -2.17. The first-order valence-electron chi connectivity index (χ1n) is 9.61. The predicted octanol–water partition coefficient (Wildman–Crippen LogP) is 4.49. The van der Waals surface area contributed by atoms with E-state index in [9.17, 15) is 4.79 Å². The van der Waals surface area contributed by atoms with Crippen LogP contribution < -0.4 is 5.32 Å². The second kappa shape index (κ2) is 8.97. The van der Waals surface area contributed by atoms with Crippen molar-refractivity contribution >= 4 is 11.9 Å². The van der Waals surface area contributed by atoms with Crippen molar-refractivity contribution in [3.05, 3.63) is 114 Å². The Bertz CT molecular complexity index is 1010. The summed E-state index contributed by atoms with van der Waals surface area (Å²) in [5.74, 6) is 0.190. The predicted molar refractivity (Wildman–Crippen MR) is 114 cm³/mol. The van der Waals surface area contributed by atoms with E-state index in [4.69, 9.17) is 0 Å². The smallest absolute Gasteiger partial charge is 0.248 e. The Morgan fingerprint density at radius 2 is 1.38 bits per heavy atom. The van der Waals surface area contributed by atoms with Crippen molar-refractivity contribution in [2.24, 2.45) is 0 Å². The van der Waals surface area contributed by atoms with Gasteiger partial charge in [0.2, 0.25) is 11.9 Å².